The molecule has 0 aliphatic carbocycles. The first-order valence-electron chi connectivity index (χ1n) is 1.83. The zero-order valence-electron chi connectivity index (χ0n) is 4.15. The Balaban J connectivity index is 3.57. The molecule has 0 aliphatic heterocycles. The second-order valence-electron chi connectivity index (χ2n) is 1.37. The third-order valence-electron chi connectivity index (χ3n) is 0.622. The van der Waals surface area contributed by atoms with Crippen molar-refractivity contribution in [3.8, 4) is 0 Å². The summed E-state index contributed by atoms with van der Waals surface area (Å²) in [5, 5.41) is 0. The Kier molecular flexibility index (Phi) is 2.07. The van der Waals surface area contributed by atoms with Gasteiger partial charge in [-0.2, -0.15) is 0 Å². The van der Waals surface area contributed by atoms with E-state index in [0.29, 0.717) is 10.9 Å². The maximum absolute atomic E-state index is 5.19. The zero-order valence-corrected chi connectivity index (χ0v) is 4.15. The van der Waals surface area contributed by atoms with Gasteiger partial charge in [-0.05, 0) is 0 Å². The fourth-order valence-electron chi connectivity index (χ4n) is 0. The monoisotopic (exact) mass is 76.1 g/mol. The molecule has 0 nitrogen and oxygen atoms in total. The second kappa shape index (κ2) is 2.12. The summed E-state index contributed by atoms with van der Waals surface area (Å²) in [5.41, 5.74) is 1.41. The Hall–Kier alpha value is -0.130. The molecule has 0 unspecified atom stereocenters. The van der Waals surface area contributed by atoms with Gasteiger partial charge in [0.25, 0.3) is 0 Å². The summed E-state index contributed by atoms with van der Waals surface area (Å²) in [6.07, 6.45) is 0. The van der Waals surface area contributed by atoms with Crippen LogP contribution in [-0.4, -0.2) is 25.9 Å². The molecule has 2 radical (unpaired) electrons. The average Bonchev–Trinajstić information content (AvgIpc) is 1.36. The van der Waals surface area contributed by atoms with Crippen LogP contribution in [0.4, 0.5) is 0 Å². The number of rotatable bonds is 1. The molecule has 0 amide bonds. The Labute approximate surface area is 40.7 Å². The quantitative estimate of drug-likeness (QED) is 0.376. The van der Waals surface area contributed by atoms with E-state index in [1.54, 1.807) is 13.8 Å². The van der Waals surface area contributed by atoms with E-state index in [2.05, 4.69) is 0 Å². The number of hydrogen-bond acceptors (Lipinski definition) is 0. The molecule has 0 fully saturated rings. The third-order valence-corrected chi connectivity index (χ3v) is 0.622. The van der Waals surface area contributed by atoms with Gasteiger partial charge in [-0.15, -0.1) is 0 Å². The molecular formula is C4H6B2. The summed E-state index contributed by atoms with van der Waals surface area (Å²) in [4.78, 5) is 0. The van der Waals surface area contributed by atoms with E-state index in [9.17, 15) is 0 Å². The molecule has 0 rings (SSSR count). The van der Waals surface area contributed by atoms with Crippen LogP contribution in [0.5, 0.6) is 0 Å². The van der Waals surface area contributed by atoms with Gasteiger partial charge in [-0.3, -0.25) is 0 Å². The molecule has 0 atom stereocenters. The first kappa shape index (κ1) is 5.87. The van der Waals surface area contributed by atoms with Crippen molar-refractivity contribution in [2.75, 3.05) is 0 Å². The van der Waals surface area contributed by atoms with Gasteiger partial charge in [-0.1, -0.05) is 0 Å². The Morgan fingerprint density at radius 2 is 1.17 bits per heavy atom. The van der Waals surface area contributed by atoms with E-state index in [0.717, 1.165) is 0 Å². The summed E-state index contributed by atoms with van der Waals surface area (Å²) in [6, 6.07) is 0. The standard InChI is InChI=1S/C4H6B2/c1-3(5)4(2)6/h1-2H3. The average molecular weight is 75.7 g/mol. The molecule has 0 aromatic heterocycles. The predicted molar refractivity (Wildman–Crippen MR) is 32.9 cm³/mol. The van der Waals surface area contributed by atoms with Gasteiger partial charge >= 0.3 is 39.7 Å². The van der Waals surface area contributed by atoms with Crippen LogP contribution in [-0.2, 0) is 0 Å². The summed E-state index contributed by atoms with van der Waals surface area (Å²) >= 11 is 0. The molecule has 0 spiro atoms. The van der Waals surface area contributed by atoms with Crippen LogP contribution < -0.4 is 0 Å². The molecule has 0 heterocycles. The molecule has 0 aromatic rings. The van der Waals surface area contributed by atoms with Crippen LogP contribution in [0, 0.1) is 0 Å². The first-order valence-corrected chi connectivity index (χ1v) is 1.83. The van der Waals surface area contributed by atoms with Gasteiger partial charge in [0.05, 0.1) is 0 Å². The molecule has 0 saturated carbocycles. The van der Waals surface area contributed by atoms with E-state index in [-0.39, 0.29) is 0 Å². The molecule has 0 saturated heterocycles. The first-order chi connectivity index (χ1) is 2.64. The van der Waals surface area contributed by atoms with Crippen LogP contribution in [0.15, 0.2) is 0 Å². The van der Waals surface area contributed by atoms with Crippen molar-refractivity contribution >= 4 is 25.9 Å². The summed E-state index contributed by atoms with van der Waals surface area (Å²) in [5.74, 6) is 0. The SMILES string of the molecule is [B]=C(C)C(=[B])C. The molecule has 28 valence electrons. The minimum absolute atomic E-state index is 0.704. The predicted octanol–water partition coefficient (Wildman–Crippen LogP) is -0.292. The van der Waals surface area contributed by atoms with E-state index in [1.807, 2.05) is 0 Å². The van der Waals surface area contributed by atoms with Crippen LogP contribution in [0.2, 0.25) is 0 Å². The normalized spacial score (nSPS) is 7.33. The fourth-order valence-corrected chi connectivity index (χ4v) is 0. The van der Waals surface area contributed by atoms with Crippen LogP contribution in [0.3, 0.4) is 0 Å². The van der Waals surface area contributed by atoms with Gasteiger partial charge < -0.3 is 0 Å². The van der Waals surface area contributed by atoms with Crippen molar-refractivity contribution in [2.45, 2.75) is 13.8 Å². The molecule has 0 aliphatic rings. The Morgan fingerprint density at radius 1 is 1.00 bits per heavy atom. The molecule has 0 bridgehead atoms. The molecule has 6 heavy (non-hydrogen) atoms. The van der Waals surface area contributed by atoms with Crippen LogP contribution >= 0.6 is 0 Å². The van der Waals surface area contributed by atoms with Gasteiger partial charge in [0.15, 0.2) is 0 Å². The van der Waals surface area contributed by atoms with E-state index in [4.69, 9.17) is 15.0 Å². The summed E-state index contributed by atoms with van der Waals surface area (Å²) in [6.45, 7) is 3.55. The molecule has 0 N–H and O–H groups in total. The zero-order chi connectivity index (χ0) is 5.15. The minimum atomic E-state index is 0.704. The fraction of sp³-hybridized carbons (Fsp3) is 0.500. The van der Waals surface area contributed by atoms with Gasteiger partial charge in [0, 0.05) is 0 Å². The van der Waals surface area contributed by atoms with Crippen molar-refractivity contribution in [3.63, 3.8) is 0 Å². The second-order valence-corrected chi connectivity index (χ2v) is 1.37. The van der Waals surface area contributed by atoms with Crippen molar-refractivity contribution in [3.05, 3.63) is 0 Å². The van der Waals surface area contributed by atoms with Crippen molar-refractivity contribution < 1.29 is 0 Å². The molecule has 2 heteroatoms. The summed E-state index contributed by atoms with van der Waals surface area (Å²) < 4.78 is 0. The molecule has 0 aromatic carbocycles. The van der Waals surface area contributed by atoms with E-state index >= 15 is 0 Å². The van der Waals surface area contributed by atoms with Crippen LogP contribution in [0.25, 0.3) is 0 Å². The van der Waals surface area contributed by atoms with Gasteiger partial charge in [0.2, 0.25) is 0 Å². The summed E-state index contributed by atoms with van der Waals surface area (Å²) in [7, 11) is 10.4. The molecular weight excluding hydrogens is 69.7 g/mol. The van der Waals surface area contributed by atoms with Crippen molar-refractivity contribution in [1.29, 1.82) is 0 Å². The van der Waals surface area contributed by atoms with E-state index in [1.165, 1.54) is 0 Å². The third kappa shape index (κ3) is 2.13. The maximum atomic E-state index is 5.19. The van der Waals surface area contributed by atoms with Gasteiger partial charge in [-0.25, -0.2) is 0 Å². The van der Waals surface area contributed by atoms with Crippen molar-refractivity contribution in [2.24, 2.45) is 0 Å². The topological polar surface area (TPSA) is 0 Å². The van der Waals surface area contributed by atoms with Crippen LogP contribution in [0.1, 0.15) is 13.8 Å². The van der Waals surface area contributed by atoms with E-state index < -0.39 is 0 Å². The van der Waals surface area contributed by atoms with Gasteiger partial charge in [0.1, 0.15) is 0 Å². The Morgan fingerprint density at radius 3 is 1.17 bits per heavy atom. The Bertz CT molecular complexity index is 71.5. The number of hydrogen-bond donors (Lipinski definition) is 0. The van der Waals surface area contributed by atoms with Crippen molar-refractivity contribution in [1.82, 2.24) is 0 Å².